The van der Waals surface area contributed by atoms with Gasteiger partial charge in [0.1, 0.15) is 6.54 Å². The largest absolute Gasteiger partial charge is 0.406 e. The van der Waals surface area contributed by atoms with Gasteiger partial charge in [-0.3, -0.25) is 9.59 Å². The number of guanidine groups is 1. The van der Waals surface area contributed by atoms with Crippen LogP contribution in [-0.2, 0) is 10.7 Å². The van der Waals surface area contributed by atoms with Gasteiger partial charge in [-0.2, -0.15) is 26.9 Å². The summed E-state index contributed by atoms with van der Waals surface area (Å²) in [7, 11) is 0. The smallest absolute Gasteiger partial charge is 0.370 e. The Hall–Kier alpha value is -2.79. The Morgan fingerprint density at radius 2 is 1.81 bits per heavy atom. The number of halogens is 6. The molecule has 1 aromatic rings. The van der Waals surface area contributed by atoms with Crippen LogP contribution in [0.1, 0.15) is 33.9 Å². The molecular formula is C15H14F6N4O2. The number of amides is 2. The molecule has 148 valence electrons. The SMILES string of the molecule is NC(N)=NC(=O)CC1c2cc(C(F)(F)CF)ccc2C(=O)N1CC(F)(F)F. The third-order valence-corrected chi connectivity index (χ3v) is 3.84. The molecule has 1 aliphatic rings. The maximum atomic E-state index is 13.6. The lowest BCUT2D eigenvalue weighted by molar-refractivity contribution is -0.145. The van der Waals surface area contributed by atoms with E-state index in [4.69, 9.17) is 11.5 Å². The zero-order valence-corrected chi connectivity index (χ0v) is 13.6. The van der Waals surface area contributed by atoms with Crippen molar-refractivity contribution in [3.05, 3.63) is 34.9 Å². The van der Waals surface area contributed by atoms with Gasteiger partial charge in [0.2, 0.25) is 0 Å². The second-order valence-electron chi connectivity index (χ2n) is 5.84. The van der Waals surface area contributed by atoms with E-state index >= 15 is 0 Å². The average Bonchev–Trinajstić information content (AvgIpc) is 2.78. The van der Waals surface area contributed by atoms with Crippen molar-refractivity contribution in [2.24, 2.45) is 16.5 Å². The van der Waals surface area contributed by atoms with Crippen LogP contribution in [-0.4, -0.2) is 42.1 Å². The van der Waals surface area contributed by atoms with Crippen molar-refractivity contribution in [3.8, 4) is 0 Å². The molecule has 1 atom stereocenters. The molecule has 6 nitrogen and oxygen atoms in total. The van der Waals surface area contributed by atoms with Gasteiger partial charge in [-0.15, -0.1) is 0 Å². The Balaban J connectivity index is 2.51. The molecule has 0 spiro atoms. The minimum Gasteiger partial charge on any atom is -0.370 e. The molecule has 0 saturated heterocycles. The maximum Gasteiger partial charge on any atom is 0.406 e. The molecule has 2 rings (SSSR count). The lowest BCUT2D eigenvalue weighted by atomic mass is 9.97. The predicted octanol–water partition coefficient (Wildman–Crippen LogP) is 2.00. The summed E-state index contributed by atoms with van der Waals surface area (Å²) in [6.07, 6.45) is -5.57. The second-order valence-corrected chi connectivity index (χ2v) is 5.84. The summed E-state index contributed by atoms with van der Waals surface area (Å²) in [5, 5.41) is 0. The van der Waals surface area contributed by atoms with Gasteiger partial charge in [-0.25, -0.2) is 4.39 Å². The van der Waals surface area contributed by atoms with Gasteiger partial charge < -0.3 is 16.4 Å². The van der Waals surface area contributed by atoms with Crippen LogP contribution in [0.4, 0.5) is 26.3 Å². The van der Waals surface area contributed by atoms with Crippen LogP contribution in [0.5, 0.6) is 0 Å². The quantitative estimate of drug-likeness (QED) is 0.452. The summed E-state index contributed by atoms with van der Waals surface area (Å²) in [5.74, 6) is -6.69. The molecule has 12 heteroatoms. The Morgan fingerprint density at radius 3 is 2.33 bits per heavy atom. The van der Waals surface area contributed by atoms with Crippen molar-refractivity contribution >= 4 is 17.8 Å². The Morgan fingerprint density at radius 1 is 1.19 bits per heavy atom. The number of carbonyl (C=O) groups is 2. The van der Waals surface area contributed by atoms with Crippen LogP contribution in [0, 0.1) is 0 Å². The monoisotopic (exact) mass is 396 g/mol. The minimum absolute atomic E-state index is 0.256. The molecule has 0 bridgehead atoms. The standard InChI is InChI=1S/C15H14F6N4O2/c16-5-14(17,18)7-1-2-8-9(3-7)10(4-11(26)24-13(22)23)25(12(8)27)6-15(19,20)21/h1-3,10H,4-6H2,(H4,22,23,24,26). The zero-order valence-electron chi connectivity index (χ0n) is 13.6. The summed E-state index contributed by atoms with van der Waals surface area (Å²) in [6.45, 7) is -3.75. The number of rotatable bonds is 5. The number of nitrogens with zero attached hydrogens (tertiary/aromatic N) is 2. The highest BCUT2D eigenvalue weighted by atomic mass is 19.4. The number of aliphatic imine (C=N–C) groups is 1. The summed E-state index contributed by atoms with van der Waals surface area (Å²) in [6, 6.07) is 0.823. The molecule has 27 heavy (non-hydrogen) atoms. The van der Waals surface area contributed by atoms with E-state index in [1.165, 1.54) is 0 Å². The molecule has 4 N–H and O–H groups in total. The van der Waals surface area contributed by atoms with Gasteiger partial charge in [-0.1, -0.05) is 6.07 Å². The van der Waals surface area contributed by atoms with Crippen LogP contribution in [0.3, 0.4) is 0 Å². The van der Waals surface area contributed by atoms with E-state index < -0.39 is 61.1 Å². The second kappa shape index (κ2) is 7.08. The lowest BCUT2D eigenvalue weighted by Crippen LogP contribution is -2.37. The molecule has 1 heterocycles. The molecule has 2 amide bonds. The van der Waals surface area contributed by atoms with Crippen LogP contribution in [0.25, 0.3) is 0 Å². The average molecular weight is 396 g/mol. The zero-order chi connectivity index (χ0) is 20.6. The highest BCUT2D eigenvalue weighted by molar-refractivity contribution is 6.00. The van der Waals surface area contributed by atoms with Crippen LogP contribution in [0.15, 0.2) is 23.2 Å². The number of hydrogen-bond donors (Lipinski definition) is 2. The molecule has 1 aromatic carbocycles. The van der Waals surface area contributed by atoms with Crippen LogP contribution in [0.2, 0.25) is 0 Å². The van der Waals surface area contributed by atoms with E-state index in [0.717, 1.165) is 18.2 Å². The minimum atomic E-state index is -4.80. The first-order valence-electron chi connectivity index (χ1n) is 7.44. The third kappa shape index (κ3) is 4.49. The van der Waals surface area contributed by atoms with E-state index in [-0.39, 0.29) is 11.1 Å². The van der Waals surface area contributed by atoms with Crippen molar-refractivity contribution in [2.75, 3.05) is 13.2 Å². The van der Waals surface area contributed by atoms with E-state index in [2.05, 4.69) is 4.99 Å². The van der Waals surface area contributed by atoms with E-state index in [0.29, 0.717) is 4.90 Å². The van der Waals surface area contributed by atoms with E-state index in [1.54, 1.807) is 0 Å². The first kappa shape index (κ1) is 20.5. The van der Waals surface area contributed by atoms with Crippen LogP contribution >= 0.6 is 0 Å². The fourth-order valence-corrected chi connectivity index (χ4v) is 2.75. The fraction of sp³-hybridized carbons (Fsp3) is 0.400. The van der Waals surface area contributed by atoms with Crippen molar-refractivity contribution in [2.45, 2.75) is 24.6 Å². The van der Waals surface area contributed by atoms with Gasteiger partial charge >= 0.3 is 12.1 Å². The number of fused-ring (bicyclic) bond motifs is 1. The van der Waals surface area contributed by atoms with Gasteiger partial charge in [0.05, 0.1) is 12.5 Å². The lowest BCUT2D eigenvalue weighted by Gasteiger charge is -2.25. The topological polar surface area (TPSA) is 102 Å². The molecule has 1 aliphatic heterocycles. The fourth-order valence-electron chi connectivity index (χ4n) is 2.75. The van der Waals surface area contributed by atoms with E-state index in [9.17, 15) is 35.9 Å². The Bertz CT molecular complexity index is 789. The predicted molar refractivity (Wildman–Crippen MR) is 81.6 cm³/mol. The van der Waals surface area contributed by atoms with Crippen LogP contribution < -0.4 is 11.5 Å². The molecule has 0 aromatic heterocycles. The van der Waals surface area contributed by atoms with Gasteiger partial charge in [-0.05, 0) is 17.7 Å². The maximum absolute atomic E-state index is 13.6. The summed E-state index contributed by atoms with van der Waals surface area (Å²) < 4.78 is 78.3. The Labute approximate surface area is 148 Å². The summed E-state index contributed by atoms with van der Waals surface area (Å²) >= 11 is 0. The molecule has 0 aliphatic carbocycles. The van der Waals surface area contributed by atoms with Crippen molar-refractivity contribution in [3.63, 3.8) is 0 Å². The normalized spacial score (nSPS) is 17.0. The van der Waals surface area contributed by atoms with Crippen molar-refractivity contribution in [1.82, 2.24) is 4.90 Å². The third-order valence-electron chi connectivity index (χ3n) is 3.84. The van der Waals surface area contributed by atoms with Gasteiger partial charge in [0.15, 0.2) is 12.6 Å². The molecule has 0 fully saturated rings. The number of alkyl halides is 6. The number of carbonyl (C=O) groups excluding carboxylic acids is 2. The number of benzene rings is 1. The first-order chi connectivity index (χ1) is 12.4. The number of hydrogen-bond acceptors (Lipinski definition) is 2. The highest BCUT2D eigenvalue weighted by Crippen LogP contribution is 2.41. The molecule has 0 saturated carbocycles. The molecular weight excluding hydrogens is 382 g/mol. The highest BCUT2D eigenvalue weighted by Gasteiger charge is 2.45. The summed E-state index contributed by atoms with van der Waals surface area (Å²) in [4.78, 5) is 27.6. The number of nitrogens with two attached hydrogens (primary N) is 2. The van der Waals surface area contributed by atoms with Gasteiger partial charge in [0.25, 0.3) is 11.8 Å². The summed E-state index contributed by atoms with van der Waals surface area (Å²) in [5.41, 5.74) is 8.69. The molecule has 1 unspecified atom stereocenters. The van der Waals surface area contributed by atoms with Gasteiger partial charge in [0, 0.05) is 11.1 Å². The van der Waals surface area contributed by atoms with Crippen molar-refractivity contribution < 1.29 is 35.9 Å². The molecule has 0 radical (unpaired) electrons. The first-order valence-corrected chi connectivity index (χ1v) is 7.44. The van der Waals surface area contributed by atoms with E-state index in [1.807, 2.05) is 0 Å². The Kier molecular flexibility index (Phi) is 5.38. The van der Waals surface area contributed by atoms with Crippen molar-refractivity contribution in [1.29, 1.82) is 0 Å².